The summed E-state index contributed by atoms with van der Waals surface area (Å²) in [6.07, 6.45) is 20.0. The van der Waals surface area contributed by atoms with Gasteiger partial charge in [0.05, 0.1) is 0 Å². The Morgan fingerprint density at radius 2 is 1.32 bits per heavy atom. The Morgan fingerprint density at radius 3 is 1.87 bits per heavy atom. The number of ether oxygens (including phenoxy) is 1. The summed E-state index contributed by atoms with van der Waals surface area (Å²) in [5, 5.41) is 3.00. The van der Waals surface area contributed by atoms with E-state index in [4.69, 9.17) is 4.74 Å². The number of hydrogen-bond acceptors (Lipinski definition) is 2. The molecule has 1 atom stereocenters. The number of unbranched alkanes of at least 4 members (excludes halogenated alkanes) is 13. The van der Waals surface area contributed by atoms with Crippen LogP contribution in [0.1, 0.15) is 129 Å². The number of carbonyl (C=O) groups excluding carboxylic acids is 1. The van der Waals surface area contributed by atoms with Crippen molar-refractivity contribution in [3.8, 4) is 5.75 Å². The van der Waals surface area contributed by atoms with Crippen molar-refractivity contribution < 1.29 is 9.53 Å². The van der Waals surface area contributed by atoms with Crippen LogP contribution in [0.3, 0.4) is 0 Å². The number of carbonyl (C=O) groups is 1. The number of nitrogens with one attached hydrogen (secondary N) is 1. The quantitative estimate of drug-likeness (QED) is 0.211. The molecular formula is C28H49NO2. The standard InChI is InChI=1S/C28H49NO2/c1-4-6-7-8-9-10-11-12-13-14-15-16-17-20-23-29-28(30)24-31-27-22-19-18-21-26(27)25(3)5-2/h18-19,21-22,25H,4-17,20,23-24H2,1-3H3,(H,29,30). The zero-order valence-corrected chi connectivity index (χ0v) is 20.7. The number of para-hydroxylation sites is 1. The molecule has 3 heteroatoms. The van der Waals surface area contributed by atoms with Gasteiger partial charge in [0.25, 0.3) is 5.91 Å². The van der Waals surface area contributed by atoms with Gasteiger partial charge in [0, 0.05) is 6.54 Å². The van der Waals surface area contributed by atoms with Gasteiger partial charge < -0.3 is 10.1 Å². The van der Waals surface area contributed by atoms with Gasteiger partial charge in [0.1, 0.15) is 5.75 Å². The fraction of sp³-hybridized carbons (Fsp3) is 0.750. The number of rotatable bonds is 20. The Balaban J connectivity index is 1.93. The lowest BCUT2D eigenvalue weighted by molar-refractivity contribution is -0.123. The molecule has 1 aromatic rings. The summed E-state index contributed by atoms with van der Waals surface area (Å²) in [6.45, 7) is 7.50. The third-order valence-electron chi connectivity index (χ3n) is 6.27. The maximum atomic E-state index is 12.1. The number of benzene rings is 1. The highest BCUT2D eigenvalue weighted by Crippen LogP contribution is 2.28. The monoisotopic (exact) mass is 431 g/mol. The van der Waals surface area contributed by atoms with Gasteiger partial charge in [-0.3, -0.25) is 4.79 Å². The van der Waals surface area contributed by atoms with Crippen LogP contribution >= 0.6 is 0 Å². The minimum absolute atomic E-state index is 0.0198. The van der Waals surface area contributed by atoms with E-state index >= 15 is 0 Å². The summed E-state index contributed by atoms with van der Waals surface area (Å²) in [5.74, 6) is 1.26. The maximum absolute atomic E-state index is 12.1. The van der Waals surface area contributed by atoms with Crippen molar-refractivity contribution in [3.05, 3.63) is 29.8 Å². The van der Waals surface area contributed by atoms with Gasteiger partial charge in [-0.1, -0.05) is 122 Å². The number of amides is 1. The minimum atomic E-state index is -0.0198. The Bertz CT molecular complexity index is 558. The zero-order valence-electron chi connectivity index (χ0n) is 20.7. The molecule has 0 spiro atoms. The molecule has 0 aliphatic heterocycles. The Morgan fingerprint density at radius 1 is 0.806 bits per heavy atom. The second-order valence-corrected chi connectivity index (χ2v) is 9.08. The highest BCUT2D eigenvalue weighted by molar-refractivity contribution is 5.77. The van der Waals surface area contributed by atoms with Crippen LogP contribution in [0.5, 0.6) is 5.75 Å². The molecule has 0 saturated heterocycles. The Hall–Kier alpha value is -1.51. The molecule has 0 fully saturated rings. The van der Waals surface area contributed by atoms with Gasteiger partial charge in [0.15, 0.2) is 6.61 Å². The molecule has 3 nitrogen and oxygen atoms in total. The third kappa shape index (κ3) is 14.2. The molecule has 0 heterocycles. The smallest absolute Gasteiger partial charge is 0.257 e. The Kier molecular flexibility index (Phi) is 17.0. The fourth-order valence-electron chi connectivity index (χ4n) is 3.98. The first kappa shape index (κ1) is 27.5. The van der Waals surface area contributed by atoms with Crippen molar-refractivity contribution in [2.24, 2.45) is 0 Å². The first-order chi connectivity index (χ1) is 15.2. The molecule has 0 radical (unpaired) electrons. The molecule has 0 saturated carbocycles. The van der Waals surface area contributed by atoms with Gasteiger partial charge >= 0.3 is 0 Å². The molecule has 1 amide bonds. The van der Waals surface area contributed by atoms with Crippen LogP contribution in [-0.4, -0.2) is 19.1 Å². The molecule has 1 rings (SSSR count). The zero-order chi connectivity index (χ0) is 22.6. The number of hydrogen-bond donors (Lipinski definition) is 1. The lowest BCUT2D eigenvalue weighted by Gasteiger charge is -2.15. The molecule has 178 valence electrons. The second-order valence-electron chi connectivity index (χ2n) is 9.08. The van der Waals surface area contributed by atoms with Gasteiger partial charge in [-0.05, 0) is 30.4 Å². The predicted molar refractivity (Wildman–Crippen MR) is 134 cm³/mol. The molecule has 1 unspecified atom stereocenters. The van der Waals surface area contributed by atoms with E-state index in [1.54, 1.807) is 0 Å². The van der Waals surface area contributed by atoms with Crippen molar-refractivity contribution >= 4 is 5.91 Å². The van der Waals surface area contributed by atoms with Crippen molar-refractivity contribution in [1.29, 1.82) is 0 Å². The molecule has 0 aliphatic rings. The Labute approximate surface area is 192 Å². The van der Waals surface area contributed by atoms with E-state index in [0.717, 1.165) is 25.1 Å². The second kappa shape index (κ2) is 19.2. The highest BCUT2D eigenvalue weighted by atomic mass is 16.5. The topological polar surface area (TPSA) is 38.3 Å². The van der Waals surface area contributed by atoms with Crippen molar-refractivity contribution in [2.75, 3.05) is 13.2 Å². The summed E-state index contributed by atoms with van der Waals surface area (Å²) < 4.78 is 5.78. The molecule has 0 bridgehead atoms. The van der Waals surface area contributed by atoms with E-state index in [9.17, 15) is 4.79 Å². The first-order valence-corrected chi connectivity index (χ1v) is 13.2. The molecular weight excluding hydrogens is 382 g/mol. The summed E-state index contributed by atoms with van der Waals surface area (Å²) in [5.41, 5.74) is 1.18. The van der Waals surface area contributed by atoms with Crippen molar-refractivity contribution in [3.63, 3.8) is 0 Å². The lowest BCUT2D eigenvalue weighted by atomic mass is 9.98. The van der Waals surface area contributed by atoms with Crippen LogP contribution in [0.15, 0.2) is 24.3 Å². The first-order valence-electron chi connectivity index (χ1n) is 13.2. The molecule has 1 N–H and O–H groups in total. The van der Waals surface area contributed by atoms with E-state index in [-0.39, 0.29) is 12.5 Å². The maximum Gasteiger partial charge on any atom is 0.257 e. The van der Waals surface area contributed by atoms with Crippen LogP contribution in [-0.2, 0) is 4.79 Å². The van der Waals surface area contributed by atoms with Crippen molar-refractivity contribution in [1.82, 2.24) is 5.32 Å². The predicted octanol–water partition coefficient (Wildman–Crippen LogP) is 8.18. The fourth-order valence-corrected chi connectivity index (χ4v) is 3.98. The van der Waals surface area contributed by atoms with Crippen LogP contribution in [0, 0.1) is 0 Å². The van der Waals surface area contributed by atoms with Crippen LogP contribution in [0.2, 0.25) is 0 Å². The largest absolute Gasteiger partial charge is 0.483 e. The van der Waals surface area contributed by atoms with Gasteiger partial charge in [-0.15, -0.1) is 0 Å². The molecule has 31 heavy (non-hydrogen) atoms. The minimum Gasteiger partial charge on any atom is -0.483 e. The van der Waals surface area contributed by atoms with E-state index in [1.807, 2.05) is 18.2 Å². The van der Waals surface area contributed by atoms with Crippen molar-refractivity contribution in [2.45, 2.75) is 123 Å². The summed E-state index contributed by atoms with van der Waals surface area (Å²) >= 11 is 0. The van der Waals surface area contributed by atoms with E-state index in [0.29, 0.717) is 5.92 Å². The highest BCUT2D eigenvalue weighted by Gasteiger charge is 2.10. The molecule has 0 aliphatic carbocycles. The van der Waals surface area contributed by atoms with Crippen LogP contribution < -0.4 is 10.1 Å². The average Bonchev–Trinajstić information content (AvgIpc) is 2.79. The average molecular weight is 432 g/mol. The van der Waals surface area contributed by atoms with E-state index in [2.05, 4.69) is 32.2 Å². The SMILES string of the molecule is CCCCCCCCCCCCCCCCNC(=O)COc1ccccc1C(C)CC. The van der Waals surface area contributed by atoms with Crippen LogP contribution in [0.25, 0.3) is 0 Å². The lowest BCUT2D eigenvalue weighted by Crippen LogP contribution is -2.29. The van der Waals surface area contributed by atoms with Gasteiger partial charge in [0.2, 0.25) is 0 Å². The van der Waals surface area contributed by atoms with Gasteiger partial charge in [-0.25, -0.2) is 0 Å². The third-order valence-corrected chi connectivity index (χ3v) is 6.27. The molecule has 0 aromatic heterocycles. The van der Waals surface area contributed by atoms with Gasteiger partial charge in [-0.2, -0.15) is 0 Å². The summed E-state index contributed by atoms with van der Waals surface area (Å²) in [6, 6.07) is 8.05. The summed E-state index contributed by atoms with van der Waals surface area (Å²) in [4.78, 5) is 12.1. The van der Waals surface area contributed by atoms with E-state index in [1.165, 1.54) is 89.0 Å². The molecule has 1 aromatic carbocycles. The van der Waals surface area contributed by atoms with E-state index < -0.39 is 0 Å². The summed E-state index contributed by atoms with van der Waals surface area (Å²) in [7, 11) is 0. The normalized spacial score (nSPS) is 12.0. The van der Waals surface area contributed by atoms with Crippen LogP contribution in [0.4, 0.5) is 0 Å².